The minimum absolute atomic E-state index is 0.199. The quantitative estimate of drug-likeness (QED) is 0.606. The van der Waals surface area contributed by atoms with Gasteiger partial charge in [-0.25, -0.2) is 13.9 Å². The third kappa shape index (κ3) is 3.24. The maximum atomic E-state index is 13.5. The van der Waals surface area contributed by atoms with E-state index in [0.29, 0.717) is 28.0 Å². The first kappa shape index (κ1) is 16.4. The maximum Gasteiger partial charge on any atom is 0.274 e. The zero-order valence-electron chi connectivity index (χ0n) is 13.9. The highest BCUT2D eigenvalue weighted by Crippen LogP contribution is 2.24. The van der Waals surface area contributed by atoms with Crippen molar-refractivity contribution in [1.82, 2.24) is 14.6 Å². The molecule has 0 spiro atoms. The number of benzene rings is 2. The molecule has 0 unspecified atom stereocenters. The number of amides is 1. The standard InChI is InChI=1S/C20H12FN5O/c21-15-3-1-2-14(10-15)17-12-23-26-9-8-18(25-19(17)26)20(27)24-16-6-4-13(11-22)5-7-16/h1-10,12H,(H,24,27). The molecule has 0 aliphatic carbocycles. The van der Waals surface area contributed by atoms with E-state index in [4.69, 9.17) is 5.26 Å². The normalized spacial score (nSPS) is 10.5. The molecule has 2 heterocycles. The van der Waals surface area contributed by atoms with Crippen molar-refractivity contribution in [2.24, 2.45) is 0 Å². The van der Waals surface area contributed by atoms with Crippen LogP contribution in [0.1, 0.15) is 16.1 Å². The van der Waals surface area contributed by atoms with Gasteiger partial charge in [0.2, 0.25) is 0 Å². The molecule has 0 aliphatic rings. The predicted octanol–water partition coefficient (Wildman–Crippen LogP) is 3.66. The summed E-state index contributed by atoms with van der Waals surface area (Å²) in [5.41, 5.74) is 2.97. The number of anilines is 1. The molecule has 0 saturated heterocycles. The minimum Gasteiger partial charge on any atom is -0.321 e. The number of rotatable bonds is 3. The van der Waals surface area contributed by atoms with Gasteiger partial charge < -0.3 is 5.32 Å². The summed E-state index contributed by atoms with van der Waals surface area (Å²) < 4.78 is 15.1. The van der Waals surface area contributed by atoms with E-state index in [2.05, 4.69) is 15.4 Å². The maximum absolute atomic E-state index is 13.5. The zero-order chi connectivity index (χ0) is 18.8. The van der Waals surface area contributed by atoms with Crippen molar-refractivity contribution < 1.29 is 9.18 Å². The fraction of sp³-hybridized carbons (Fsp3) is 0. The lowest BCUT2D eigenvalue weighted by Gasteiger charge is -2.06. The first-order valence-corrected chi connectivity index (χ1v) is 8.06. The Morgan fingerprint density at radius 3 is 2.70 bits per heavy atom. The van der Waals surface area contributed by atoms with Gasteiger partial charge in [-0.05, 0) is 48.0 Å². The summed E-state index contributed by atoms with van der Waals surface area (Å²) in [6, 6.07) is 16.2. The fourth-order valence-corrected chi connectivity index (χ4v) is 2.68. The average molecular weight is 357 g/mol. The molecular weight excluding hydrogens is 345 g/mol. The Hall–Kier alpha value is -4.05. The summed E-state index contributed by atoms with van der Waals surface area (Å²) >= 11 is 0. The monoisotopic (exact) mass is 357 g/mol. The Balaban J connectivity index is 1.67. The van der Waals surface area contributed by atoms with Gasteiger partial charge >= 0.3 is 0 Å². The molecule has 7 heteroatoms. The van der Waals surface area contributed by atoms with Crippen LogP contribution in [0.3, 0.4) is 0 Å². The molecule has 0 aliphatic heterocycles. The number of hydrogen-bond donors (Lipinski definition) is 1. The number of nitrogens with one attached hydrogen (secondary N) is 1. The van der Waals surface area contributed by atoms with Crippen LogP contribution in [0.5, 0.6) is 0 Å². The third-order valence-corrected chi connectivity index (χ3v) is 4.01. The van der Waals surface area contributed by atoms with Crippen LogP contribution in [0, 0.1) is 17.1 Å². The first-order valence-electron chi connectivity index (χ1n) is 8.06. The largest absolute Gasteiger partial charge is 0.321 e. The van der Waals surface area contributed by atoms with E-state index >= 15 is 0 Å². The molecule has 130 valence electrons. The summed E-state index contributed by atoms with van der Waals surface area (Å²) in [6.07, 6.45) is 3.21. The number of carbonyl (C=O) groups is 1. The second kappa shape index (κ2) is 6.69. The van der Waals surface area contributed by atoms with Gasteiger partial charge in [-0.2, -0.15) is 10.4 Å². The molecule has 0 fully saturated rings. The molecule has 27 heavy (non-hydrogen) atoms. The fourth-order valence-electron chi connectivity index (χ4n) is 2.68. The van der Waals surface area contributed by atoms with Gasteiger partial charge in [0.25, 0.3) is 5.91 Å². The van der Waals surface area contributed by atoms with Crippen molar-refractivity contribution in [3.05, 3.63) is 84.1 Å². The summed E-state index contributed by atoms with van der Waals surface area (Å²) in [7, 11) is 0. The average Bonchev–Trinajstić information content (AvgIpc) is 3.12. The van der Waals surface area contributed by atoms with Crippen molar-refractivity contribution in [3.63, 3.8) is 0 Å². The van der Waals surface area contributed by atoms with E-state index in [0.717, 1.165) is 0 Å². The van der Waals surface area contributed by atoms with Gasteiger partial charge in [0, 0.05) is 17.4 Å². The topological polar surface area (TPSA) is 83.1 Å². The van der Waals surface area contributed by atoms with E-state index in [1.54, 1.807) is 54.9 Å². The number of fused-ring (bicyclic) bond motifs is 1. The van der Waals surface area contributed by atoms with Crippen LogP contribution in [-0.4, -0.2) is 20.5 Å². The number of halogens is 1. The van der Waals surface area contributed by atoms with Crippen molar-refractivity contribution >= 4 is 17.2 Å². The number of nitrogens with zero attached hydrogens (tertiary/aromatic N) is 4. The molecule has 0 saturated carbocycles. The molecule has 2 aromatic heterocycles. The van der Waals surface area contributed by atoms with Crippen molar-refractivity contribution in [2.75, 3.05) is 5.32 Å². The van der Waals surface area contributed by atoms with Gasteiger partial charge in [0.05, 0.1) is 17.8 Å². The van der Waals surface area contributed by atoms with Crippen LogP contribution in [0.2, 0.25) is 0 Å². The van der Waals surface area contributed by atoms with Crippen molar-refractivity contribution in [1.29, 1.82) is 5.26 Å². The van der Waals surface area contributed by atoms with E-state index < -0.39 is 5.91 Å². The molecule has 2 aromatic carbocycles. The molecule has 0 bridgehead atoms. The van der Waals surface area contributed by atoms with Gasteiger partial charge in [-0.15, -0.1) is 0 Å². The smallest absolute Gasteiger partial charge is 0.274 e. The van der Waals surface area contributed by atoms with E-state index in [1.165, 1.54) is 16.6 Å². The lowest BCUT2D eigenvalue weighted by atomic mass is 10.1. The molecule has 6 nitrogen and oxygen atoms in total. The number of carbonyl (C=O) groups excluding carboxylic acids is 1. The van der Waals surface area contributed by atoms with Gasteiger partial charge in [0.15, 0.2) is 5.65 Å². The summed E-state index contributed by atoms with van der Waals surface area (Å²) in [6.45, 7) is 0. The van der Waals surface area contributed by atoms with Gasteiger partial charge in [-0.1, -0.05) is 12.1 Å². The van der Waals surface area contributed by atoms with Crippen LogP contribution in [0.4, 0.5) is 10.1 Å². The predicted molar refractivity (Wildman–Crippen MR) is 97.5 cm³/mol. The summed E-state index contributed by atoms with van der Waals surface area (Å²) in [5.74, 6) is -0.754. The van der Waals surface area contributed by atoms with Crippen LogP contribution in [0.15, 0.2) is 67.0 Å². The Bertz CT molecular complexity index is 1190. The number of aromatic nitrogens is 3. The van der Waals surface area contributed by atoms with Gasteiger partial charge in [-0.3, -0.25) is 4.79 Å². The van der Waals surface area contributed by atoms with E-state index in [-0.39, 0.29) is 11.5 Å². The Morgan fingerprint density at radius 2 is 1.96 bits per heavy atom. The highest BCUT2D eigenvalue weighted by Gasteiger charge is 2.13. The molecule has 0 radical (unpaired) electrons. The highest BCUT2D eigenvalue weighted by atomic mass is 19.1. The molecular formula is C20H12FN5O. The van der Waals surface area contributed by atoms with Crippen molar-refractivity contribution in [2.45, 2.75) is 0 Å². The minimum atomic E-state index is -0.395. The van der Waals surface area contributed by atoms with Crippen LogP contribution < -0.4 is 5.32 Å². The molecule has 0 atom stereocenters. The second-order valence-corrected chi connectivity index (χ2v) is 5.79. The summed E-state index contributed by atoms with van der Waals surface area (Å²) in [4.78, 5) is 16.9. The van der Waals surface area contributed by atoms with Crippen LogP contribution in [-0.2, 0) is 0 Å². The SMILES string of the molecule is N#Cc1ccc(NC(=O)c2ccn3ncc(-c4cccc(F)c4)c3n2)cc1. The summed E-state index contributed by atoms with van der Waals surface area (Å²) in [5, 5.41) is 15.8. The number of hydrogen-bond acceptors (Lipinski definition) is 4. The van der Waals surface area contributed by atoms with Gasteiger partial charge in [0.1, 0.15) is 11.5 Å². The molecule has 1 N–H and O–H groups in total. The molecule has 4 aromatic rings. The Labute approximate surface area is 153 Å². The second-order valence-electron chi connectivity index (χ2n) is 5.79. The number of nitriles is 1. The Morgan fingerprint density at radius 1 is 1.15 bits per heavy atom. The highest BCUT2D eigenvalue weighted by molar-refractivity contribution is 6.03. The van der Waals surface area contributed by atoms with Crippen LogP contribution >= 0.6 is 0 Å². The molecule has 4 rings (SSSR count). The lowest BCUT2D eigenvalue weighted by Crippen LogP contribution is -2.14. The first-order chi connectivity index (χ1) is 13.1. The zero-order valence-corrected chi connectivity index (χ0v) is 13.9. The van der Waals surface area contributed by atoms with Crippen LogP contribution in [0.25, 0.3) is 16.8 Å². The van der Waals surface area contributed by atoms with Crippen molar-refractivity contribution in [3.8, 4) is 17.2 Å². The Kier molecular flexibility index (Phi) is 4.07. The van der Waals surface area contributed by atoms with E-state index in [1.807, 2.05) is 6.07 Å². The third-order valence-electron chi connectivity index (χ3n) is 4.01. The van der Waals surface area contributed by atoms with E-state index in [9.17, 15) is 9.18 Å². The lowest BCUT2D eigenvalue weighted by molar-refractivity contribution is 0.102. The molecule has 1 amide bonds.